The number of fused-ring (bicyclic) bond motifs is 1. The standard InChI is InChI=1S/C38H55N6O6PS2.CH4O/c1-25(2)44(26(3)4)51(48-20-19-28-15-13-14-18-30(28)52-53-38(6,7)8)50-32-27(5)49-37(33(32)47-22-21-46-9)43-24-41-31-34(39-23-40-35(31)43)42-36(45)29-16-11-10-12-17-29;1-2/h10-18,23-27,31-33,35,37H,19-22H2,1-9H3,(H,39,40,42,45);2H,1H3/i5D;2T. The zero-order valence-corrected chi connectivity index (χ0v) is 35.9. The first-order chi connectivity index (χ1) is 27.3. The quantitative estimate of drug-likeness (QED) is 0.0989. The van der Waals surface area contributed by atoms with Gasteiger partial charge >= 0.3 is 0 Å². The van der Waals surface area contributed by atoms with E-state index in [1.54, 1.807) is 36.4 Å². The number of ether oxygens (including phenoxy) is 3. The van der Waals surface area contributed by atoms with Gasteiger partial charge in [0.05, 0.1) is 32.3 Å². The summed E-state index contributed by atoms with van der Waals surface area (Å²) < 4.78 is 48.9. The SMILES string of the molecule is [2H]CC1OC(N2C=NC3C(NC(=O)c4ccccc4)=NC=NC32)C(OCCOC)C1OP(OCCc1ccccc1SSC(C)(C)C)N(C(C)C)C(C)C.[3H]OC. The fraction of sp³-hybridized carbons (Fsp3) is 0.590. The summed E-state index contributed by atoms with van der Waals surface area (Å²) in [6.45, 7) is 16.2. The minimum atomic E-state index is -1.61. The van der Waals surface area contributed by atoms with Gasteiger partial charge in [0.25, 0.3) is 14.4 Å². The maximum atomic E-state index is 13.0. The van der Waals surface area contributed by atoms with Gasteiger partial charge < -0.3 is 38.6 Å². The molecule has 304 valence electrons. The minimum absolute atomic E-state index is 0.0595. The molecule has 3 heterocycles. The lowest BCUT2D eigenvalue weighted by atomic mass is 10.1. The van der Waals surface area contributed by atoms with Crippen LogP contribution in [0.2, 0.25) is 0 Å². The van der Waals surface area contributed by atoms with Crippen molar-refractivity contribution in [3.05, 3.63) is 65.7 Å². The molecule has 1 amide bonds. The van der Waals surface area contributed by atoms with Gasteiger partial charge in [0.2, 0.25) is 1.43 Å². The first kappa shape index (κ1) is 42.2. The summed E-state index contributed by atoms with van der Waals surface area (Å²) >= 11 is 0. The summed E-state index contributed by atoms with van der Waals surface area (Å²) in [7, 11) is 4.95. The Hall–Kier alpha value is -2.43. The Balaban J connectivity index is 0.00000232. The summed E-state index contributed by atoms with van der Waals surface area (Å²) in [4.78, 5) is 29.9. The second-order valence-corrected chi connectivity index (χ2v) is 18.8. The Kier molecular flexibility index (Phi) is 16.8. The molecule has 7 unspecified atom stereocenters. The van der Waals surface area contributed by atoms with Crippen LogP contribution in [0.1, 0.15) is 72.7 Å². The maximum absolute atomic E-state index is 13.0. The number of aliphatic hydroxyl groups excluding tert-OH is 1. The summed E-state index contributed by atoms with van der Waals surface area (Å²) in [6, 6.07) is 17.1. The van der Waals surface area contributed by atoms with E-state index in [4.69, 9.17) is 31.1 Å². The van der Waals surface area contributed by atoms with Crippen LogP contribution in [0, 0.1) is 0 Å². The molecular formula is C39H59N6O7PS2. The molecule has 3 aliphatic rings. The maximum Gasteiger partial charge on any atom is 0.259 e. The van der Waals surface area contributed by atoms with Crippen LogP contribution >= 0.6 is 30.1 Å². The van der Waals surface area contributed by atoms with Crippen LogP contribution in [-0.2, 0) is 29.7 Å². The molecule has 16 heteroatoms. The fourth-order valence-corrected chi connectivity index (χ4v) is 10.1. The molecule has 7 atom stereocenters. The lowest BCUT2D eigenvalue weighted by Gasteiger charge is -2.38. The molecule has 2 aromatic rings. The Morgan fingerprint density at radius 1 is 1.09 bits per heavy atom. The molecule has 0 radical (unpaired) electrons. The van der Waals surface area contributed by atoms with Crippen LogP contribution in [0.5, 0.6) is 0 Å². The smallest absolute Gasteiger partial charge is 0.259 e. The average molecular weight is 822 g/mol. The normalized spacial score (nSPS) is 24.4. The largest absolute Gasteiger partial charge is 0.400 e. The van der Waals surface area contributed by atoms with Crippen LogP contribution in [-0.4, -0.2) is 128 Å². The zero-order chi connectivity index (χ0) is 41.5. The Morgan fingerprint density at radius 3 is 2.47 bits per heavy atom. The first-order valence-corrected chi connectivity index (χ1v) is 21.7. The summed E-state index contributed by atoms with van der Waals surface area (Å²) in [5.74, 6) is 0.109. The second-order valence-electron chi connectivity index (χ2n) is 14.4. The molecule has 0 aliphatic carbocycles. The van der Waals surface area contributed by atoms with E-state index in [0.717, 1.165) is 6.42 Å². The third-order valence-corrected chi connectivity index (χ3v) is 14.1. The van der Waals surface area contributed by atoms with Gasteiger partial charge in [-0.15, -0.1) is 0 Å². The van der Waals surface area contributed by atoms with E-state index in [1.807, 2.05) is 33.9 Å². The predicted octanol–water partition coefficient (Wildman–Crippen LogP) is 6.81. The van der Waals surface area contributed by atoms with Gasteiger partial charge in [-0.3, -0.25) is 9.79 Å². The Labute approximate surface area is 339 Å². The van der Waals surface area contributed by atoms with Crippen LogP contribution in [0.4, 0.5) is 0 Å². The van der Waals surface area contributed by atoms with Crippen molar-refractivity contribution in [2.24, 2.45) is 15.0 Å². The third-order valence-electron chi connectivity index (χ3n) is 8.49. The number of nitrogens with one attached hydrogen (secondary N) is 1. The number of amidine groups is 1. The average Bonchev–Trinajstić information content (AvgIpc) is 3.76. The van der Waals surface area contributed by atoms with Crippen LogP contribution in [0.25, 0.3) is 0 Å². The first-order valence-electron chi connectivity index (χ1n) is 19.6. The van der Waals surface area contributed by atoms with E-state index < -0.39 is 45.3 Å². The van der Waals surface area contributed by atoms with Crippen molar-refractivity contribution in [3.8, 4) is 0 Å². The summed E-state index contributed by atoms with van der Waals surface area (Å²) in [5.41, 5.74) is 1.74. The summed E-state index contributed by atoms with van der Waals surface area (Å²) in [6.07, 6.45) is 0.659. The van der Waals surface area contributed by atoms with Crippen molar-refractivity contribution in [2.75, 3.05) is 34.0 Å². The van der Waals surface area contributed by atoms with E-state index in [9.17, 15) is 4.79 Å². The molecule has 55 heavy (non-hydrogen) atoms. The molecule has 0 saturated carbocycles. The van der Waals surface area contributed by atoms with Gasteiger partial charge in [0, 0.05) is 42.9 Å². The monoisotopic (exact) mass is 821 g/mol. The Morgan fingerprint density at radius 2 is 1.80 bits per heavy atom. The van der Waals surface area contributed by atoms with Crippen LogP contribution in [0.3, 0.4) is 0 Å². The number of hydrogen-bond acceptors (Lipinski definition) is 14. The van der Waals surface area contributed by atoms with E-state index in [1.165, 1.54) is 23.9 Å². The molecular weight excluding hydrogens is 760 g/mol. The number of carbonyl (C=O) groups excluding carboxylic acids is 1. The van der Waals surface area contributed by atoms with Crippen LogP contribution < -0.4 is 5.32 Å². The molecule has 13 nitrogen and oxygen atoms in total. The van der Waals surface area contributed by atoms with E-state index in [2.05, 4.69) is 97.8 Å². The second kappa shape index (κ2) is 21.9. The third kappa shape index (κ3) is 12.5. The summed E-state index contributed by atoms with van der Waals surface area (Å²) in [5, 5.41) is 6.42. The molecule has 1 fully saturated rings. The number of rotatable bonds is 17. The Bertz CT molecular complexity index is 1620. The van der Waals surface area contributed by atoms with Crippen molar-refractivity contribution >= 4 is 54.5 Å². The molecule has 0 aromatic heterocycles. The number of nitrogens with zero attached hydrogens (tertiary/aromatic N) is 5. The topological polar surface area (TPSA) is 139 Å². The van der Waals surface area contributed by atoms with Gasteiger partial charge in [0.15, 0.2) is 18.4 Å². The lowest BCUT2D eigenvalue weighted by molar-refractivity contribution is -0.0954. The van der Waals surface area contributed by atoms with Gasteiger partial charge in [-0.2, -0.15) is 0 Å². The van der Waals surface area contributed by atoms with Crippen LogP contribution in [0.15, 0.2) is 74.5 Å². The van der Waals surface area contributed by atoms with E-state index in [0.29, 0.717) is 24.6 Å². The highest BCUT2D eigenvalue weighted by Crippen LogP contribution is 2.50. The lowest BCUT2D eigenvalue weighted by Crippen LogP contribution is -2.53. The molecule has 2 aromatic carbocycles. The van der Waals surface area contributed by atoms with Crippen molar-refractivity contribution in [1.82, 2.24) is 14.9 Å². The number of carbonyl (C=O) groups is 1. The number of hydrogen-bond donors (Lipinski definition) is 2. The molecule has 0 spiro atoms. The van der Waals surface area contributed by atoms with E-state index >= 15 is 0 Å². The number of methoxy groups -OCH3 is 1. The number of aliphatic imine (C=N–C) groups is 3. The molecule has 3 aliphatic heterocycles. The number of amides is 1. The van der Waals surface area contributed by atoms with Crippen molar-refractivity contribution in [1.29, 1.82) is 1.43 Å². The molecule has 1 saturated heterocycles. The van der Waals surface area contributed by atoms with E-state index in [-0.39, 0.29) is 36.2 Å². The predicted molar refractivity (Wildman–Crippen MR) is 225 cm³/mol. The highest BCUT2D eigenvalue weighted by molar-refractivity contribution is 8.77. The highest BCUT2D eigenvalue weighted by Gasteiger charge is 2.52. The highest BCUT2D eigenvalue weighted by atomic mass is 33.1. The van der Waals surface area contributed by atoms with Gasteiger partial charge in [-0.1, -0.05) is 78.8 Å². The van der Waals surface area contributed by atoms with Crippen molar-refractivity contribution < 1.29 is 34.5 Å². The number of aliphatic hydroxyl groups is 1. The van der Waals surface area contributed by atoms with Gasteiger partial charge in [0.1, 0.15) is 24.4 Å². The zero-order valence-electron chi connectivity index (χ0n) is 35.4. The fourth-order valence-electron chi connectivity index (χ4n) is 6.11. The molecule has 2 N–H and O–H groups in total. The molecule has 5 rings (SSSR count). The van der Waals surface area contributed by atoms with Gasteiger partial charge in [-0.05, 0) is 64.8 Å². The number of benzene rings is 2. The van der Waals surface area contributed by atoms with Crippen molar-refractivity contribution in [3.63, 3.8) is 0 Å². The van der Waals surface area contributed by atoms with Crippen molar-refractivity contribution in [2.45, 2.75) is 120 Å². The molecule has 0 bridgehead atoms. The van der Waals surface area contributed by atoms with Gasteiger partial charge in [-0.25, -0.2) is 14.7 Å². The minimum Gasteiger partial charge on any atom is -0.400 e.